The van der Waals surface area contributed by atoms with Gasteiger partial charge in [-0.25, -0.2) is 4.79 Å². The van der Waals surface area contributed by atoms with E-state index < -0.39 is 54.5 Å². The molecule has 1 aromatic carbocycles. The van der Waals surface area contributed by atoms with Crippen molar-refractivity contribution in [3.63, 3.8) is 0 Å². The van der Waals surface area contributed by atoms with E-state index in [4.69, 9.17) is 17.2 Å². The molecule has 0 spiro atoms. The molecular weight excluding hydrogens is 484 g/mol. The van der Waals surface area contributed by atoms with E-state index in [9.17, 15) is 34.5 Å². The van der Waals surface area contributed by atoms with Crippen LogP contribution in [0.25, 0.3) is 0 Å². The Labute approximate surface area is 216 Å². The van der Waals surface area contributed by atoms with Crippen LogP contribution in [0.5, 0.6) is 5.75 Å². The van der Waals surface area contributed by atoms with Gasteiger partial charge in [-0.15, -0.1) is 0 Å². The van der Waals surface area contributed by atoms with E-state index in [1.54, 1.807) is 0 Å². The lowest BCUT2D eigenvalue weighted by Gasteiger charge is -2.24. The van der Waals surface area contributed by atoms with Crippen molar-refractivity contribution in [2.45, 2.75) is 69.1 Å². The maximum atomic E-state index is 12.9. The van der Waals surface area contributed by atoms with Crippen LogP contribution in [-0.4, -0.2) is 82.9 Å². The molecule has 0 aromatic heterocycles. The van der Waals surface area contributed by atoms with Crippen LogP contribution in [0.3, 0.4) is 0 Å². The van der Waals surface area contributed by atoms with Gasteiger partial charge in [-0.2, -0.15) is 0 Å². The lowest BCUT2D eigenvalue weighted by atomic mass is 10.0. The minimum absolute atomic E-state index is 0.00680. The topological polar surface area (TPSA) is 243 Å². The Hall–Kier alpha value is -3.26. The number of phenols is 1. The second kappa shape index (κ2) is 17.2. The third-order valence-electron chi connectivity index (χ3n) is 5.69. The van der Waals surface area contributed by atoms with Gasteiger partial charge in [0.25, 0.3) is 0 Å². The molecule has 1 rings (SSSR count). The molecule has 13 heteroatoms. The van der Waals surface area contributed by atoms with Gasteiger partial charge in [0, 0.05) is 6.42 Å². The first-order valence-electron chi connectivity index (χ1n) is 12.3. The molecule has 13 nitrogen and oxygen atoms in total. The Morgan fingerprint density at radius 2 is 1.27 bits per heavy atom. The molecule has 0 fully saturated rings. The van der Waals surface area contributed by atoms with Gasteiger partial charge in [0.2, 0.25) is 17.7 Å². The number of rotatable bonds is 18. The molecule has 0 aliphatic heterocycles. The van der Waals surface area contributed by atoms with Crippen LogP contribution in [0, 0.1) is 0 Å². The zero-order valence-electron chi connectivity index (χ0n) is 20.9. The smallest absolute Gasteiger partial charge is 0.326 e. The van der Waals surface area contributed by atoms with E-state index >= 15 is 0 Å². The zero-order chi connectivity index (χ0) is 27.8. The Kier molecular flexibility index (Phi) is 14.8. The molecule has 3 amide bonds. The summed E-state index contributed by atoms with van der Waals surface area (Å²) in [6.07, 6.45) is 3.00. The number of unbranched alkanes of at least 4 members (excludes halogenated alkanes) is 2. The average Bonchev–Trinajstić information content (AvgIpc) is 2.87. The van der Waals surface area contributed by atoms with E-state index in [0.717, 1.165) is 0 Å². The summed E-state index contributed by atoms with van der Waals surface area (Å²) in [4.78, 5) is 49.8. The number of amides is 3. The molecule has 1 aromatic rings. The van der Waals surface area contributed by atoms with Gasteiger partial charge < -0.3 is 48.5 Å². The van der Waals surface area contributed by atoms with Crippen molar-refractivity contribution in [2.75, 3.05) is 19.7 Å². The lowest BCUT2D eigenvalue weighted by Crippen LogP contribution is -2.58. The fourth-order valence-electron chi connectivity index (χ4n) is 3.49. The van der Waals surface area contributed by atoms with Gasteiger partial charge in [-0.1, -0.05) is 18.6 Å². The van der Waals surface area contributed by atoms with Gasteiger partial charge in [0.1, 0.15) is 23.9 Å². The number of carbonyl (C=O) groups excluding carboxylic acids is 3. The van der Waals surface area contributed by atoms with E-state index in [2.05, 4.69) is 16.0 Å². The summed E-state index contributed by atoms with van der Waals surface area (Å²) in [6.45, 7) is 0.0616. The summed E-state index contributed by atoms with van der Waals surface area (Å²) >= 11 is 0. The van der Waals surface area contributed by atoms with E-state index in [1.165, 1.54) is 24.3 Å². The SMILES string of the molecule is NCCCCC(N)C(=O)NC(CCCCN)C(=O)NC(CO)C(=O)NC(Cc1ccc(O)cc1)C(=O)O. The number of aromatic hydroxyl groups is 1. The first-order valence-corrected chi connectivity index (χ1v) is 12.3. The molecule has 37 heavy (non-hydrogen) atoms. The number of carbonyl (C=O) groups is 4. The summed E-state index contributed by atoms with van der Waals surface area (Å²) < 4.78 is 0. The number of aliphatic hydroxyl groups excluding tert-OH is 1. The van der Waals surface area contributed by atoms with Crippen molar-refractivity contribution in [1.82, 2.24) is 16.0 Å². The first kappa shape index (κ1) is 31.8. The molecule has 0 saturated heterocycles. The number of benzene rings is 1. The predicted molar refractivity (Wildman–Crippen MR) is 136 cm³/mol. The second-order valence-electron chi connectivity index (χ2n) is 8.75. The van der Waals surface area contributed by atoms with Crippen molar-refractivity contribution < 1.29 is 34.5 Å². The number of nitrogens with two attached hydrogens (primary N) is 3. The molecule has 4 unspecified atom stereocenters. The van der Waals surface area contributed by atoms with Crippen LogP contribution in [0.1, 0.15) is 44.1 Å². The highest BCUT2D eigenvalue weighted by molar-refractivity contribution is 5.94. The molecule has 4 atom stereocenters. The Morgan fingerprint density at radius 3 is 1.81 bits per heavy atom. The van der Waals surface area contributed by atoms with Crippen molar-refractivity contribution in [3.8, 4) is 5.75 Å². The average molecular weight is 525 g/mol. The van der Waals surface area contributed by atoms with Gasteiger partial charge in [0.05, 0.1) is 12.6 Å². The van der Waals surface area contributed by atoms with E-state index in [1.807, 2.05) is 0 Å². The Balaban J connectivity index is 2.84. The quantitative estimate of drug-likeness (QED) is 0.0961. The highest BCUT2D eigenvalue weighted by Crippen LogP contribution is 2.12. The maximum Gasteiger partial charge on any atom is 0.326 e. The van der Waals surface area contributed by atoms with Gasteiger partial charge in [0.15, 0.2) is 0 Å². The molecule has 208 valence electrons. The molecule has 0 saturated carbocycles. The number of phenolic OH excluding ortho intramolecular Hbond substituents is 1. The number of nitrogens with one attached hydrogen (secondary N) is 3. The van der Waals surface area contributed by atoms with Crippen LogP contribution in [0.4, 0.5) is 0 Å². The molecule has 0 bridgehead atoms. The number of aliphatic carboxylic acids is 1. The summed E-state index contributed by atoms with van der Waals surface area (Å²) in [6, 6.07) is 1.11. The zero-order valence-corrected chi connectivity index (χ0v) is 20.9. The highest BCUT2D eigenvalue weighted by atomic mass is 16.4. The fourth-order valence-corrected chi connectivity index (χ4v) is 3.49. The van der Waals surface area contributed by atoms with Gasteiger partial charge in [-0.05, 0) is 62.9 Å². The minimum atomic E-state index is -1.46. The normalized spacial score (nSPS) is 14.2. The van der Waals surface area contributed by atoms with Gasteiger partial charge >= 0.3 is 5.97 Å². The third-order valence-corrected chi connectivity index (χ3v) is 5.69. The monoisotopic (exact) mass is 524 g/mol. The van der Waals surface area contributed by atoms with Crippen molar-refractivity contribution >= 4 is 23.7 Å². The maximum absolute atomic E-state index is 12.9. The number of carboxylic acid groups (broad SMARTS) is 1. The summed E-state index contributed by atoms with van der Waals surface area (Å²) in [5, 5.41) is 35.9. The summed E-state index contributed by atoms with van der Waals surface area (Å²) in [5.74, 6) is -3.48. The molecular formula is C24H40N6O7. The molecule has 0 aliphatic carbocycles. The lowest BCUT2D eigenvalue weighted by molar-refractivity contribution is -0.142. The molecule has 0 heterocycles. The number of hydrogen-bond donors (Lipinski definition) is 9. The van der Waals surface area contributed by atoms with Crippen LogP contribution in [-0.2, 0) is 25.6 Å². The highest BCUT2D eigenvalue weighted by Gasteiger charge is 2.30. The molecule has 0 radical (unpaired) electrons. The van der Waals surface area contributed by atoms with E-state index in [0.29, 0.717) is 50.8 Å². The second-order valence-corrected chi connectivity index (χ2v) is 8.75. The number of carboxylic acids is 1. The largest absolute Gasteiger partial charge is 0.508 e. The predicted octanol–water partition coefficient (Wildman–Crippen LogP) is -1.95. The molecule has 0 aliphatic rings. The number of aliphatic hydroxyl groups is 1. The van der Waals surface area contributed by atoms with Crippen LogP contribution in [0.15, 0.2) is 24.3 Å². The third kappa shape index (κ3) is 12.0. The van der Waals surface area contributed by atoms with Crippen LogP contribution in [0.2, 0.25) is 0 Å². The Bertz CT molecular complexity index is 868. The summed E-state index contributed by atoms with van der Waals surface area (Å²) in [7, 11) is 0. The summed E-state index contributed by atoms with van der Waals surface area (Å²) in [5.41, 5.74) is 17.4. The van der Waals surface area contributed by atoms with Gasteiger partial charge in [-0.3, -0.25) is 14.4 Å². The Morgan fingerprint density at radius 1 is 0.757 bits per heavy atom. The fraction of sp³-hybridized carbons (Fsp3) is 0.583. The standard InChI is InChI=1S/C24H40N6O7/c25-11-3-1-5-17(27)21(33)28-18(6-2-4-12-26)22(34)30-20(14-31)23(35)29-19(24(36)37)13-15-7-9-16(32)10-8-15/h7-10,17-20,31-32H,1-6,11-14,25-27H2,(H,28,33)(H,29,35)(H,30,34)(H,36,37). The van der Waals surface area contributed by atoms with Crippen molar-refractivity contribution in [2.24, 2.45) is 17.2 Å². The first-order chi connectivity index (χ1) is 17.6. The van der Waals surface area contributed by atoms with Crippen LogP contribution < -0.4 is 33.2 Å². The molecule has 12 N–H and O–H groups in total. The van der Waals surface area contributed by atoms with Crippen LogP contribution >= 0.6 is 0 Å². The number of hydrogen-bond acceptors (Lipinski definition) is 9. The van der Waals surface area contributed by atoms with E-state index in [-0.39, 0.29) is 18.6 Å². The van der Waals surface area contributed by atoms with Crippen molar-refractivity contribution in [3.05, 3.63) is 29.8 Å². The minimum Gasteiger partial charge on any atom is -0.508 e. The van der Waals surface area contributed by atoms with Crippen molar-refractivity contribution in [1.29, 1.82) is 0 Å².